The molecule has 1 fully saturated rings. The standard InChI is InChI=1S/C13H17N3O3/c1-19-13(18)10-6-8(2-4-11(10)14)16-9-3-5-12(17)15-7-9/h2,4,6,9,16H,3,5,7,14H2,1H3,(H,15,17). The molecule has 0 radical (unpaired) electrons. The van der Waals surface area contributed by atoms with Crippen LogP contribution < -0.4 is 16.4 Å². The summed E-state index contributed by atoms with van der Waals surface area (Å²) in [7, 11) is 1.32. The number of nitrogens with one attached hydrogen (secondary N) is 2. The highest BCUT2D eigenvalue weighted by molar-refractivity contribution is 5.96. The molecule has 6 heteroatoms. The fraction of sp³-hybridized carbons (Fsp3) is 0.385. The molecule has 1 atom stereocenters. The van der Waals surface area contributed by atoms with Crippen LogP contribution in [0.5, 0.6) is 0 Å². The molecular formula is C13H17N3O3. The zero-order valence-corrected chi connectivity index (χ0v) is 10.7. The first kappa shape index (κ1) is 13.2. The van der Waals surface area contributed by atoms with Gasteiger partial charge in [0.05, 0.1) is 12.7 Å². The van der Waals surface area contributed by atoms with E-state index in [4.69, 9.17) is 5.73 Å². The third-order valence-corrected chi connectivity index (χ3v) is 3.09. The number of nitrogen functional groups attached to an aromatic ring is 1. The summed E-state index contributed by atoms with van der Waals surface area (Å²) in [6, 6.07) is 5.29. The maximum absolute atomic E-state index is 11.5. The number of piperidine rings is 1. The quantitative estimate of drug-likeness (QED) is 0.552. The Morgan fingerprint density at radius 3 is 2.95 bits per heavy atom. The normalized spacial score (nSPS) is 18.6. The van der Waals surface area contributed by atoms with Gasteiger partial charge in [-0.3, -0.25) is 4.79 Å². The molecule has 0 aliphatic carbocycles. The number of anilines is 2. The zero-order valence-electron chi connectivity index (χ0n) is 10.7. The number of amides is 1. The van der Waals surface area contributed by atoms with Crippen molar-refractivity contribution in [2.24, 2.45) is 0 Å². The van der Waals surface area contributed by atoms with E-state index in [2.05, 4.69) is 15.4 Å². The molecule has 19 heavy (non-hydrogen) atoms. The molecule has 0 aromatic heterocycles. The number of methoxy groups -OCH3 is 1. The predicted octanol–water partition coefficient (Wildman–Crippen LogP) is 0.746. The Bertz CT molecular complexity index is 492. The van der Waals surface area contributed by atoms with E-state index in [1.165, 1.54) is 7.11 Å². The van der Waals surface area contributed by atoms with Crippen molar-refractivity contribution in [3.05, 3.63) is 23.8 Å². The van der Waals surface area contributed by atoms with Gasteiger partial charge in [-0.2, -0.15) is 0 Å². The number of hydrogen-bond acceptors (Lipinski definition) is 5. The van der Waals surface area contributed by atoms with Crippen LogP contribution >= 0.6 is 0 Å². The maximum Gasteiger partial charge on any atom is 0.340 e. The summed E-state index contributed by atoms with van der Waals surface area (Å²) in [6.45, 7) is 0.580. The van der Waals surface area contributed by atoms with Gasteiger partial charge in [-0.05, 0) is 24.6 Å². The minimum absolute atomic E-state index is 0.0746. The lowest BCUT2D eigenvalue weighted by Gasteiger charge is -2.24. The van der Waals surface area contributed by atoms with Gasteiger partial charge in [-0.25, -0.2) is 4.79 Å². The molecule has 2 rings (SSSR count). The number of hydrogen-bond donors (Lipinski definition) is 3. The summed E-state index contributed by atoms with van der Waals surface area (Å²) < 4.78 is 4.67. The van der Waals surface area contributed by atoms with Gasteiger partial charge in [0, 0.05) is 30.4 Å². The van der Waals surface area contributed by atoms with Gasteiger partial charge in [-0.1, -0.05) is 0 Å². The third kappa shape index (κ3) is 3.15. The summed E-state index contributed by atoms with van der Waals surface area (Å²) >= 11 is 0. The number of ether oxygens (including phenoxy) is 1. The molecule has 1 heterocycles. The molecular weight excluding hydrogens is 246 g/mol. The molecule has 1 unspecified atom stereocenters. The molecule has 1 aliphatic heterocycles. The van der Waals surface area contributed by atoms with Crippen molar-refractivity contribution in [1.29, 1.82) is 0 Å². The fourth-order valence-electron chi connectivity index (χ4n) is 2.02. The number of nitrogens with two attached hydrogens (primary N) is 1. The van der Waals surface area contributed by atoms with Crippen molar-refractivity contribution in [3.8, 4) is 0 Å². The molecule has 1 saturated heterocycles. The van der Waals surface area contributed by atoms with E-state index in [0.717, 1.165) is 12.1 Å². The Kier molecular flexibility index (Phi) is 3.89. The van der Waals surface area contributed by atoms with Crippen LogP contribution in [-0.2, 0) is 9.53 Å². The maximum atomic E-state index is 11.5. The highest BCUT2D eigenvalue weighted by Crippen LogP contribution is 2.20. The van der Waals surface area contributed by atoms with Crippen molar-refractivity contribution in [2.75, 3.05) is 24.7 Å². The van der Waals surface area contributed by atoms with Crippen LogP contribution in [-0.4, -0.2) is 31.6 Å². The number of esters is 1. The van der Waals surface area contributed by atoms with E-state index in [9.17, 15) is 9.59 Å². The number of rotatable bonds is 3. The van der Waals surface area contributed by atoms with Crippen LogP contribution in [0.3, 0.4) is 0 Å². The second kappa shape index (κ2) is 5.60. The minimum Gasteiger partial charge on any atom is -0.465 e. The summed E-state index contributed by atoms with van der Waals surface area (Å²) in [5.74, 6) is -0.385. The average Bonchev–Trinajstić information content (AvgIpc) is 2.42. The van der Waals surface area contributed by atoms with E-state index in [1.807, 2.05) is 0 Å². The lowest BCUT2D eigenvalue weighted by Crippen LogP contribution is -2.41. The van der Waals surface area contributed by atoms with Gasteiger partial charge in [0.25, 0.3) is 0 Å². The number of carbonyl (C=O) groups is 2. The Balaban J connectivity index is 2.08. The Morgan fingerprint density at radius 2 is 2.32 bits per heavy atom. The molecule has 6 nitrogen and oxygen atoms in total. The molecule has 0 bridgehead atoms. The number of benzene rings is 1. The third-order valence-electron chi connectivity index (χ3n) is 3.09. The molecule has 4 N–H and O–H groups in total. The molecule has 102 valence electrons. The molecule has 1 aromatic carbocycles. The van der Waals surface area contributed by atoms with Crippen molar-refractivity contribution in [2.45, 2.75) is 18.9 Å². The van der Waals surface area contributed by atoms with E-state index in [1.54, 1.807) is 18.2 Å². The lowest BCUT2D eigenvalue weighted by atomic mass is 10.1. The van der Waals surface area contributed by atoms with Crippen LogP contribution in [0, 0.1) is 0 Å². The van der Waals surface area contributed by atoms with E-state index in [0.29, 0.717) is 24.2 Å². The molecule has 0 saturated carbocycles. The Morgan fingerprint density at radius 1 is 1.53 bits per heavy atom. The van der Waals surface area contributed by atoms with Gasteiger partial charge >= 0.3 is 5.97 Å². The van der Waals surface area contributed by atoms with Crippen LogP contribution in [0.25, 0.3) is 0 Å². The second-order valence-electron chi connectivity index (χ2n) is 4.48. The Hall–Kier alpha value is -2.24. The highest BCUT2D eigenvalue weighted by Gasteiger charge is 2.18. The highest BCUT2D eigenvalue weighted by atomic mass is 16.5. The summed E-state index contributed by atoms with van der Waals surface area (Å²) in [4.78, 5) is 22.6. The van der Waals surface area contributed by atoms with Crippen LogP contribution in [0.4, 0.5) is 11.4 Å². The minimum atomic E-state index is -0.460. The SMILES string of the molecule is COC(=O)c1cc(NC2CCC(=O)NC2)ccc1N. The molecule has 1 amide bonds. The van der Waals surface area contributed by atoms with Crippen molar-refractivity contribution >= 4 is 23.3 Å². The van der Waals surface area contributed by atoms with Crippen molar-refractivity contribution < 1.29 is 14.3 Å². The smallest absolute Gasteiger partial charge is 0.340 e. The summed E-state index contributed by atoms with van der Waals surface area (Å²) in [5, 5.41) is 6.06. The summed E-state index contributed by atoms with van der Waals surface area (Å²) in [6.07, 6.45) is 1.28. The Labute approximate surface area is 111 Å². The zero-order chi connectivity index (χ0) is 13.8. The number of carbonyl (C=O) groups excluding carboxylic acids is 2. The van der Waals surface area contributed by atoms with Gasteiger partial charge < -0.3 is 21.1 Å². The molecule has 1 aromatic rings. The first-order valence-corrected chi connectivity index (χ1v) is 6.11. The van der Waals surface area contributed by atoms with Crippen molar-refractivity contribution in [1.82, 2.24) is 5.32 Å². The van der Waals surface area contributed by atoms with Crippen LogP contribution in [0.1, 0.15) is 23.2 Å². The van der Waals surface area contributed by atoms with E-state index >= 15 is 0 Å². The van der Waals surface area contributed by atoms with Gasteiger partial charge in [-0.15, -0.1) is 0 Å². The van der Waals surface area contributed by atoms with Crippen LogP contribution in [0.2, 0.25) is 0 Å². The van der Waals surface area contributed by atoms with Crippen molar-refractivity contribution in [3.63, 3.8) is 0 Å². The van der Waals surface area contributed by atoms with E-state index in [-0.39, 0.29) is 11.9 Å². The summed E-state index contributed by atoms with van der Waals surface area (Å²) in [5.41, 5.74) is 7.24. The van der Waals surface area contributed by atoms with E-state index < -0.39 is 5.97 Å². The van der Waals surface area contributed by atoms with Gasteiger partial charge in [0.1, 0.15) is 0 Å². The predicted molar refractivity (Wildman–Crippen MR) is 71.8 cm³/mol. The molecule has 1 aliphatic rings. The first-order chi connectivity index (χ1) is 9.10. The second-order valence-corrected chi connectivity index (χ2v) is 4.48. The first-order valence-electron chi connectivity index (χ1n) is 6.11. The van der Waals surface area contributed by atoms with Gasteiger partial charge in [0.15, 0.2) is 0 Å². The average molecular weight is 263 g/mol. The molecule has 0 spiro atoms. The fourth-order valence-corrected chi connectivity index (χ4v) is 2.02. The van der Waals surface area contributed by atoms with Crippen LogP contribution in [0.15, 0.2) is 18.2 Å². The monoisotopic (exact) mass is 263 g/mol. The largest absolute Gasteiger partial charge is 0.465 e. The van der Waals surface area contributed by atoms with Gasteiger partial charge in [0.2, 0.25) is 5.91 Å². The lowest BCUT2D eigenvalue weighted by molar-refractivity contribution is -0.122. The topological polar surface area (TPSA) is 93.4 Å².